The zero-order valence-corrected chi connectivity index (χ0v) is 17.4. The Labute approximate surface area is 178 Å². The predicted octanol–water partition coefficient (Wildman–Crippen LogP) is 4.06. The molecule has 4 aromatic rings. The molecule has 30 heavy (non-hydrogen) atoms. The number of hydrogen-bond acceptors (Lipinski definition) is 4. The number of hydrogen-bond donors (Lipinski definition) is 1. The molecule has 2 heterocycles. The van der Waals surface area contributed by atoms with Gasteiger partial charge in [0.05, 0.1) is 11.0 Å². The molecule has 0 aliphatic rings. The summed E-state index contributed by atoms with van der Waals surface area (Å²) >= 11 is 1.72. The van der Waals surface area contributed by atoms with E-state index in [1.807, 2.05) is 60.8 Å². The summed E-state index contributed by atoms with van der Waals surface area (Å²) < 4.78 is 3.25. The number of carbonyl (C=O) groups excluding carboxylic acids is 1. The normalized spacial score (nSPS) is 11.0. The van der Waals surface area contributed by atoms with Crippen molar-refractivity contribution in [2.45, 2.75) is 23.6 Å². The summed E-state index contributed by atoms with van der Waals surface area (Å²) in [6, 6.07) is 19.4. The Hall–Kier alpha value is -3.32. The molecule has 0 spiro atoms. The van der Waals surface area contributed by atoms with Gasteiger partial charge in [-0.2, -0.15) is 0 Å². The van der Waals surface area contributed by atoms with E-state index in [1.165, 1.54) is 5.56 Å². The topological polar surface area (TPSA) is 68.9 Å². The first-order valence-corrected chi connectivity index (χ1v) is 10.7. The molecule has 0 fully saturated rings. The van der Waals surface area contributed by atoms with Crippen LogP contribution in [0.3, 0.4) is 0 Å². The second-order valence-corrected chi connectivity index (χ2v) is 8.00. The van der Waals surface area contributed by atoms with Crippen LogP contribution in [0.2, 0.25) is 0 Å². The molecular formula is C23H22N4O2S. The minimum Gasteiger partial charge on any atom is -0.326 e. The molecule has 0 saturated carbocycles. The van der Waals surface area contributed by atoms with Crippen molar-refractivity contribution in [2.24, 2.45) is 7.05 Å². The first-order chi connectivity index (χ1) is 14.6. The van der Waals surface area contributed by atoms with Crippen LogP contribution in [0.1, 0.15) is 12.0 Å². The molecular weight excluding hydrogens is 396 g/mol. The number of aromatic nitrogens is 3. The van der Waals surface area contributed by atoms with Gasteiger partial charge in [0.25, 0.3) is 0 Å². The largest absolute Gasteiger partial charge is 0.328 e. The maximum Gasteiger partial charge on any atom is 0.328 e. The molecule has 0 saturated heterocycles. The third kappa shape index (κ3) is 4.46. The molecule has 0 unspecified atom stereocenters. The highest BCUT2D eigenvalue weighted by atomic mass is 32.2. The summed E-state index contributed by atoms with van der Waals surface area (Å²) in [4.78, 5) is 30.1. The molecule has 1 amide bonds. The molecule has 2 aromatic carbocycles. The van der Waals surface area contributed by atoms with Crippen molar-refractivity contribution < 1.29 is 4.79 Å². The van der Waals surface area contributed by atoms with E-state index in [2.05, 4.69) is 16.4 Å². The molecule has 7 heteroatoms. The Kier molecular flexibility index (Phi) is 5.99. The van der Waals surface area contributed by atoms with Crippen LogP contribution >= 0.6 is 11.8 Å². The number of fused-ring (bicyclic) bond motifs is 1. The van der Waals surface area contributed by atoms with Gasteiger partial charge in [0.15, 0.2) is 0 Å². The van der Waals surface area contributed by atoms with E-state index in [-0.39, 0.29) is 18.0 Å². The summed E-state index contributed by atoms with van der Waals surface area (Å²) in [5.41, 5.74) is 3.51. The number of nitrogens with one attached hydrogen (secondary N) is 1. The van der Waals surface area contributed by atoms with E-state index in [1.54, 1.807) is 34.1 Å². The molecule has 0 atom stereocenters. The van der Waals surface area contributed by atoms with Crippen molar-refractivity contribution in [1.82, 2.24) is 14.1 Å². The van der Waals surface area contributed by atoms with Crippen LogP contribution in [0.4, 0.5) is 5.69 Å². The number of thioether (sulfide) groups is 1. The second-order valence-electron chi connectivity index (χ2n) is 6.95. The monoisotopic (exact) mass is 418 g/mol. The summed E-state index contributed by atoms with van der Waals surface area (Å²) in [6.07, 6.45) is 3.86. The van der Waals surface area contributed by atoms with Gasteiger partial charge in [-0.25, -0.2) is 4.79 Å². The third-order valence-corrected chi connectivity index (χ3v) is 5.96. The first kappa shape index (κ1) is 20.0. The van der Waals surface area contributed by atoms with E-state index < -0.39 is 0 Å². The average Bonchev–Trinajstić information content (AvgIpc) is 3.02. The second kappa shape index (κ2) is 9.00. The number of rotatable bonds is 7. The molecule has 0 aliphatic heterocycles. The zero-order chi connectivity index (χ0) is 20.9. The van der Waals surface area contributed by atoms with Crippen LogP contribution < -0.4 is 11.0 Å². The van der Waals surface area contributed by atoms with Crippen LogP contribution in [-0.2, 0) is 24.1 Å². The van der Waals surface area contributed by atoms with Gasteiger partial charge < -0.3 is 5.32 Å². The number of carbonyl (C=O) groups is 1. The highest BCUT2D eigenvalue weighted by molar-refractivity contribution is 7.98. The molecule has 1 N–H and O–H groups in total. The maximum absolute atomic E-state index is 12.4. The lowest BCUT2D eigenvalue weighted by Gasteiger charge is -2.07. The van der Waals surface area contributed by atoms with E-state index in [0.717, 1.165) is 27.4 Å². The van der Waals surface area contributed by atoms with Crippen LogP contribution in [-0.4, -0.2) is 20.0 Å². The minimum absolute atomic E-state index is 0.112. The lowest BCUT2D eigenvalue weighted by atomic mass is 10.3. The van der Waals surface area contributed by atoms with Crippen LogP contribution in [0.5, 0.6) is 0 Å². The van der Waals surface area contributed by atoms with Gasteiger partial charge in [0, 0.05) is 48.7 Å². The van der Waals surface area contributed by atoms with E-state index in [9.17, 15) is 9.59 Å². The number of benzene rings is 2. The van der Waals surface area contributed by atoms with E-state index >= 15 is 0 Å². The smallest absolute Gasteiger partial charge is 0.326 e. The molecule has 0 aliphatic carbocycles. The Balaban J connectivity index is 1.33. The first-order valence-electron chi connectivity index (χ1n) is 9.68. The average molecular weight is 419 g/mol. The SMILES string of the molecule is Cn1c(=O)n(CCC(=O)Nc2ccc(SCc3cccnc3)cc2)c2ccccc21. The highest BCUT2D eigenvalue weighted by Gasteiger charge is 2.11. The highest BCUT2D eigenvalue weighted by Crippen LogP contribution is 2.24. The fraction of sp³-hybridized carbons (Fsp3) is 0.174. The molecule has 4 rings (SSSR count). The number of pyridine rings is 1. The van der Waals surface area contributed by atoms with Crippen molar-refractivity contribution in [1.29, 1.82) is 0 Å². The molecule has 0 bridgehead atoms. The fourth-order valence-corrected chi connectivity index (χ4v) is 4.13. The Bertz CT molecular complexity index is 1210. The molecule has 2 aromatic heterocycles. The number of anilines is 1. The van der Waals surface area contributed by atoms with Gasteiger partial charge in [-0.15, -0.1) is 11.8 Å². The molecule has 152 valence electrons. The number of para-hydroxylation sites is 2. The summed E-state index contributed by atoms with van der Waals surface area (Å²) in [7, 11) is 1.75. The zero-order valence-electron chi connectivity index (χ0n) is 16.6. The van der Waals surface area contributed by atoms with Gasteiger partial charge in [0.1, 0.15) is 0 Å². The Morgan fingerprint density at radius 3 is 2.53 bits per heavy atom. The summed E-state index contributed by atoms with van der Waals surface area (Å²) in [6.45, 7) is 0.338. The van der Waals surface area contributed by atoms with Crippen LogP contribution in [0.25, 0.3) is 11.0 Å². The van der Waals surface area contributed by atoms with Gasteiger partial charge in [-0.05, 0) is 48.0 Å². The lowest BCUT2D eigenvalue weighted by molar-refractivity contribution is -0.116. The number of aryl methyl sites for hydroxylation is 2. The quantitative estimate of drug-likeness (QED) is 0.460. The van der Waals surface area contributed by atoms with Gasteiger partial charge in [-0.1, -0.05) is 18.2 Å². The number of imidazole rings is 1. The van der Waals surface area contributed by atoms with Gasteiger partial charge in [-0.3, -0.25) is 18.9 Å². The number of nitrogens with zero attached hydrogens (tertiary/aromatic N) is 3. The van der Waals surface area contributed by atoms with Crippen molar-refractivity contribution in [3.05, 3.63) is 89.1 Å². The maximum atomic E-state index is 12.4. The van der Waals surface area contributed by atoms with E-state index in [0.29, 0.717) is 6.54 Å². The van der Waals surface area contributed by atoms with Crippen molar-refractivity contribution in [2.75, 3.05) is 5.32 Å². The Morgan fingerprint density at radius 2 is 1.80 bits per heavy atom. The minimum atomic E-state index is -0.120. The van der Waals surface area contributed by atoms with Crippen LogP contribution in [0, 0.1) is 0 Å². The summed E-state index contributed by atoms with van der Waals surface area (Å²) in [5.74, 6) is 0.727. The Morgan fingerprint density at radius 1 is 1.03 bits per heavy atom. The van der Waals surface area contributed by atoms with Crippen LogP contribution in [0.15, 0.2) is 82.7 Å². The third-order valence-electron chi connectivity index (χ3n) is 4.88. The predicted molar refractivity (Wildman–Crippen MR) is 121 cm³/mol. The van der Waals surface area contributed by atoms with Crippen molar-refractivity contribution in [3.8, 4) is 0 Å². The number of amides is 1. The summed E-state index contributed by atoms with van der Waals surface area (Å²) in [5, 5.41) is 2.91. The molecule has 6 nitrogen and oxygen atoms in total. The standard InChI is InChI=1S/C23H22N4O2S/c1-26-20-6-2-3-7-21(20)27(23(26)29)14-12-22(28)25-18-8-10-19(11-9-18)30-16-17-5-4-13-24-15-17/h2-11,13,15H,12,14,16H2,1H3,(H,25,28). The van der Waals surface area contributed by atoms with E-state index in [4.69, 9.17) is 0 Å². The van der Waals surface area contributed by atoms with Crippen molar-refractivity contribution >= 4 is 34.4 Å². The van der Waals surface area contributed by atoms with Crippen molar-refractivity contribution in [3.63, 3.8) is 0 Å². The molecule has 0 radical (unpaired) electrons. The lowest BCUT2D eigenvalue weighted by Crippen LogP contribution is -2.24. The van der Waals surface area contributed by atoms with Gasteiger partial charge in [0.2, 0.25) is 5.91 Å². The van der Waals surface area contributed by atoms with Gasteiger partial charge >= 0.3 is 5.69 Å². The fourth-order valence-electron chi connectivity index (χ4n) is 3.30.